The number of benzene rings is 1. The molecule has 0 fully saturated rings. The Morgan fingerprint density at radius 3 is 2.48 bits per heavy atom. The SMILES string of the molecule is Cc1nn(Cc2ccc(-c3ccncc3)cc2)c2nc(-c3ccco3)cc(C(=O)O)c12. The minimum Gasteiger partial charge on any atom is -0.478 e. The minimum atomic E-state index is -1.02. The average molecular weight is 410 g/mol. The lowest BCUT2D eigenvalue weighted by molar-refractivity contribution is 0.0699. The largest absolute Gasteiger partial charge is 0.478 e. The van der Waals surface area contributed by atoms with Gasteiger partial charge in [0.1, 0.15) is 5.69 Å². The minimum absolute atomic E-state index is 0.160. The van der Waals surface area contributed by atoms with Crippen LogP contribution in [-0.4, -0.2) is 30.8 Å². The van der Waals surface area contributed by atoms with E-state index in [0.717, 1.165) is 16.7 Å². The van der Waals surface area contributed by atoms with E-state index >= 15 is 0 Å². The highest BCUT2D eigenvalue weighted by Crippen LogP contribution is 2.28. The van der Waals surface area contributed by atoms with Crippen molar-refractivity contribution in [3.05, 3.63) is 90.1 Å². The summed E-state index contributed by atoms with van der Waals surface area (Å²) in [5, 5.41) is 14.9. The Morgan fingerprint density at radius 2 is 1.81 bits per heavy atom. The Morgan fingerprint density at radius 1 is 1.06 bits per heavy atom. The summed E-state index contributed by atoms with van der Waals surface area (Å²) in [7, 11) is 0. The van der Waals surface area contributed by atoms with Crippen molar-refractivity contribution < 1.29 is 14.3 Å². The van der Waals surface area contributed by atoms with Crippen molar-refractivity contribution in [1.82, 2.24) is 19.7 Å². The Balaban J connectivity index is 1.56. The van der Waals surface area contributed by atoms with Crippen LogP contribution in [0.5, 0.6) is 0 Å². The van der Waals surface area contributed by atoms with Gasteiger partial charge in [0.2, 0.25) is 0 Å². The molecule has 152 valence electrons. The summed E-state index contributed by atoms with van der Waals surface area (Å²) in [5.41, 5.74) is 4.99. The second-order valence-electron chi connectivity index (χ2n) is 7.21. The number of hydrogen-bond acceptors (Lipinski definition) is 5. The number of nitrogens with zero attached hydrogens (tertiary/aromatic N) is 4. The highest BCUT2D eigenvalue weighted by Gasteiger charge is 2.20. The number of fused-ring (bicyclic) bond motifs is 1. The monoisotopic (exact) mass is 410 g/mol. The molecule has 1 aromatic carbocycles. The van der Waals surface area contributed by atoms with Gasteiger partial charge in [-0.05, 0) is 53.9 Å². The van der Waals surface area contributed by atoms with Crippen molar-refractivity contribution in [1.29, 1.82) is 0 Å². The van der Waals surface area contributed by atoms with Crippen molar-refractivity contribution in [2.75, 3.05) is 0 Å². The van der Waals surface area contributed by atoms with Crippen LogP contribution in [0, 0.1) is 6.92 Å². The molecule has 4 heterocycles. The summed E-state index contributed by atoms with van der Waals surface area (Å²) in [6, 6.07) is 17.1. The molecule has 0 radical (unpaired) electrons. The van der Waals surface area contributed by atoms with E-state index in [-0.39, 0.29) is 5.56 Å². The lowest BCUT2D eigenvalue weighted by Crippen LogP contribution is -2.05. The van der Waals surface area contributed by atoms with Gasteiger partial charge in [-0.3, -0.25) is 4.98 Å². The molecule has 0 atom stereocenters. The van der Waals surface area contributed by atoms with Crippen LogP contribution in [0.2, 0.25) is 0 Å². The number of carboxylic acids is 1. The fraction of sp³-hybridized carbons (Fsp3) is 0.0833. The van der Waals surface area contributed by atoms with Gasteiger partial charge >= 0.3 is 5.97 Å². The molecule has 5 rings (SSSR count). The molecular weight excluding hydrogens is 392 g/mol. The number of pyridine rings is 2. The maximum absolute atomic E-state index is 11.9. The number of aromatic carboxylic acids is 1. The highest BCUT2D eigenvalue weighted by atomic mass is 16.4. The van der Waals surface area contributed by atoms with Crippen LogP contribution in [0.15, 0.2) is 77.7 Å². The fourth-order valence-corrected chi connectivity index (χ4v) is 3.70. The predicted octanol–water partition coefficient (Wildman–Crippen LogP) is 4.81. The molecule has 0 spiro atoms. The van der Waals surface area contributed by atoms with Crippen molar-refractivity contribution >= 4 is 17.0 Å². The lowest BCUT2D eigenvalue weighted by atomic mass is 10.1. The molecule has 0 saturated carbocycles. The predicted molar refractivity (Wildman–Crippen MR) is 116 cm³/mol. The van der Waals surface area contributed by atoms with Crippen molar-refractivity contribution in [2.24, 2.45) is 0 Å². The van der Waals surface area contributed by atoms with Gasteiger partial charge in [-0.2, -0.15) is 5.10 Å². The number of aromatic nitrogens is 4. The number of carbonyl (C=O) groups is 1. The Bertz CT molecular complexity index is 1370. The lowest BCUT2D eigenvalue weighted by Gasteiger charge is -2.07. The fourth-order valence-electron chi connectivity index (χ4n) is 3.70. The molecule has 0 saturated heterocycles. The summed E-state index contributed by atoms with van der Waals surface area (Å²) < 4.78 is 7.17. The third kappa shape index (κ3) is 3.46. The molecular formula is C24H18N4O3. The molecule has 1 N–H and O–H groups in total. The van der Waals surface area contributed by atoms with Gasteiger partial charge in [0, 0.05) is 12.4 Å². The highest BCUT2D eigenvalue weighted by molar-refractivity contribution is 6.04. The molecule has 7 heteroatoms. The van der Waals surface area contributed by atoms with Crippen LogP contribution < -0.4 is 0 Å². The van der Waals surface area contributed by atoms with E-state index in [1.54, 1.807) is 36.1 Å². The first-order valence-corrected chi connectivity index (χ1v) is 9.75. The van der Waals surface area contributed by atoms with E-state index in [4.69, 9.17) is 4.42 Å². The molecule has 0 aliphatic heterocycles. The zero-order valence-electron chi connectivity index (χ0n) is 16.7. The quantitative estimate of drug-likeness (QED) is 0.447. The second kappa shape index (κ2) is 7.53. The molecule has 0 amide bonds. The molecule has 4 aromatic heterocycles. The number of carboxylic acid groups (broad SMARTS) is 1. The molecule has 0 unspecified atom stereocenters. The van der Waals surface area contributed by atoms with Crippen molar-refractivity contribution in [2.45, 2.75) is 13.5 Å². The standard InChI is InChI=1S/C24H18N4O3/c1-15-22-19(24(29)30)13-20(21-3-2-12-31-21)26-23(22)28(27-15)14-16-4-6-17(7-5-16)18-8-10-25-11-9-18/h2-13H,14H2,1H3,(H,29,30). The van der Waals surface area contributed by atoms with Crippen LogP contribution >= 0.6 is 0 Å². The first-order valence-electron chi connectivity index (χ1n) is 9.75. The first kappa shape index (κ1) is 18.7. The van der Waals surface area contributed by atoms with Crippen LogP contribution in [0.3, 0.4) is 0 Å². The van der Waals surface area contributed by atoms with Gasteiger partial charge in [-0.15, -0.1) is 0 Å². The van der Waals surface area contributed by atoms with Gasteiger partial charge in [0.15, 0.2) is 11.4 Å². The summed E-state index contributed by atoms with van der Waals surface area (Å²) in [6.45, 7) is 2.26. The third-order valence-corrected chi connectivity index (χ3v) is 5.18. The molecule has 0 bridgehead atoms. The van der Waals surface area contributed by atoms with Crippen molar-refractivity contribution in [3.63, 3.8) is 0 Å². The van der Waals surface area contributed by atoms with Crippen LogP contribution in [0.25, 0.3) is 33.6 Å². The zero-order chi connectivity index (χ0) is 21.4. The first-order chi connectivity index (χ1) is 15.1. The van der Waals surface area contributed by atoms with Gasteiger partial charge in [-0.1, -0.05) is 24.3 Å². The number of aryl methyl sites for hydroxylation is 1. The second-order valence-corrected chi connectivity index (χ2v) is 7.21. The van der Waals surface area contributed by atoms with Crippen LogP contribution in [0.4, 0.5) is 0 Å². The van der Waals surface area contributed by atoms with E-state index < -0.39 is 5.97 Å². The van der Waals surface area contributed by atoms with Crippen LogP contribution in [-0.2, 0) is 6.54 Å². The Labute approximate surface area is 177 Å². The summed E-state index contributed by atoms with van der Waals surface area (Å²) in [6.07, 6.45) is 5.07. The smallest absolute Gasteiger partial charge is 0.336 e. The van der Waals surface area contributed by atoms with E-state index in [0.29, 0.717) is 34.7 Å². The average Bonchev–Trinajstić information content (AvgIpc) is 3.43. The molecule has 0 aliphatic rings. The molecule has 31 heavy (non-hydrogen) atoms. The van der Waals surface area contributed by atoms with E-state index in [9.17, 15) is 9.90 Å². The maximum Gasteiger partial charge on any atom is 0.336 e. The topological polar surface area (TPSA) is 94.0 Å². The molecule has 7 nitrogen and oxygen atoms in total. The van der Waals surface area contributed by atoms with E-state index in [1.807, 2.05) is 36.4 Å². The number of hydrogen-bond donors (Lipinski definition) is 1. The maximum atomic E-state index is 11.9. The van der Waals surface area contributed by atoms with Crippen LogP contribution in [0.1, 0.15) is 21.6 Å². The molecule has 0 aliphatic carbocycles. The van der Waals surface area contributed by atoms with Gasteiger partial charge < -0.3 is 9.52 Å². The van der Waals surface area contributed by atoms with Gasteiger partial charge in [0.05, 0.1) is 29.5 Å². The summed E-state index contributed by atoms with van der Waals surface area (Å²) >= 11 is 0. The molecule has 5 aromatic rings. The van der Waals surface area contributed by atoms with Crippen molar-refractivity contribution in [3.8, 4) is 22.6 Å². The Kier molecular flexibility index (Phi) is 4.55. The normalized spacial score (nSPS) is 11.1. The number of furan rings is 1. The van der Waals surface area contributed by atoms with E-state index in [2.05, 4.69) is 15.1 Å². The van der Waals surface area contributed by atoms with E-state index in [1.165, 1.54) is 12.3 Å². The van der Waals surface area contributed by atoms with Gasteiger partial charge in [0.25, 0.3) is 0 Å². The number of rotatable bonds is 5. The summed E-state index contributed by atoms with van der Waals surface area (Å²) in [4.78, 5) is 20.7. The summed E-state index contributed by atoms with van der Waals surface area (Å²) in [5.74, 6) is -0.513. The third-order valence-electron chi connectivity index (χ3n) is 5.18. The van der Waals surface area contributed by atoms with Gasteiger partial charge in [-0.25, -0.2) is 14.5 Å². The zero-order valence-corrected chi connectivity index (χ0v) is 16.7. The Hall–Kier alpha value is -4.26.